The molecule has 0 fully saturated rings. The average Bonchev–Trinajstić information content (AvgIpc) is 3.02. The summed E-state index contributed by atoms with van der Waals surface area (Å²) in [5.74, 6) is 1.29. The lowest BCUT2D eigenvalue weighted by atomic mass is 10.1. The van der Waals surface area contributed by atoms with Gasteiger partial charge in [0.2, 0.25) is 5.88 Å². The van der Waals surface area contributed by atoms with Crippen LogP contribution in [0.2, 0.25) is 0 Å². The fourth-order valence-electron chi connectivity index (χ4n) is 1.97. The van der Waals surface area contributed by atoms with E-state index in [0.717, 1.165) is 17.1 Å². The molecule has 0 saturated heterocycles. The second kappa shape index (κ2) is 5.52. The molecule has 20 heavy (non-hydrogen) atoms. The van der Waals surface area contributed by atoms with Gasteiger partial charge in [0.1, 0.15) is 5.82 Å². The van der Waals surface area contributed by atoms with Gasteiger partial charge in [-0.15, -0.1) is 0 Å². The Kier molecular flexibility index (Phi) is 3.41. The number of hydrogen-bond donors (Lipinski definition) is 1. The molecular formula is C15H14N4O. The zero-order chi connectivity index (χ0) is 13.8. The molecule has 2 aromatic heterocycles. The molecule has 0 unspecified atom stereocenters. The molecule has 0 amide bonds. The number of methoxy groups -OCH3 is 1. The summed E-state index contributed by atoms with van der Waals surface area (Å²) in [5, 5.41) is 6.73. The van der Waals surface area contributed by atoms with Gasteiger partial charge in [0, 0.05) is 24.2 Å². The number of ether oxygens (including phenoxy) is 1. The molecule has 3 aromatic rings. The van der Waals surface area contributed by atoms with Gasteiger partial charge in [-0.1, -0.05) is 30.3 Å². The zero-order valence-electron chi connectivity index (χ0n) is 11.1. The molecule has 1 aromatic carbocycles. The summed E-state index contributed by atoms with van der Waals surface area (Å²) in [4.78, 5) is 8.96. The first kappa shape index (κ1) is 12.3. The monoisotopic (exact) mass is 266 g/mol. The van der Waals surface area contributed by atoms with E-state index in [-0.39, 0.29) is 0 Å². The van der Waals surface area contributed by atoms with Crippen molar-refractivity contribution in [2.75, 3.05) is 7.11 Å². The quantitative estimate of drug-likeness (QED) is 0.788. The summed E-state index contributed by atoms with van der Waals surface area (Å²) in [7, 11) is 1.60. The summed E-state index contributed by atoms with van der Waals surface area (Å²) < 4.78 is 5.25. The van der Waals surface area contributed by atoms with Crippen LogP contribution in [0.15, 0.2) is 48.8 Å². The van der Waals surface area contributed by atoms with Crippen molar-refractivity contribution in [3.8, 4) is 17.1 Å². The number of H-pyrrole nitrogens is 1. The summed E-state index contributed by atoms with van der Waals surface area (Å²) in [6.07, 6.45) is 4.20. The lowest BCUT2D eigenvalue weighted by Crippen LogP contribution is -2.00. The molecular weight excluding hydrogens is 252 g/mol. The van der Waals surface area contributed by atoms with Gasteiger partial charge in [0.05, 0.1) is 19.0 Å². The first-order valence-electron chi connectivity index (χ1n) is 6.30. The molecule has 0 aliphatic rings. The Labute approximate surface area is 116 Å². The van der Waals surface area contributed by atoms with E-state index in [1.807, 2.05) is 18.2 Å². The van der Waals surface area contributed by atoms with Crippen molar-refractivity contribution >= 4 is 0 Å². The van der Waals surface area contributed by atoms with Crippen LogP contribution in [-0.2, 0) is 6.42 Å². The second-order valence-electron chi connectivity index (χ2n) is 4.36. The first-order chi connectivity index (χ1) is 9.85. The Morgan fingerprint density at radius 1 is 1.15 bits per heavy atom. The van der Waals surface area contributed by atoms with Crippen molar-refractivity contribution < 1.29 is 4.74 Å². The minimum absolute atomic E-state index is 0.558. The smallest absolute Gasteiger partial charge is 0.216 e. The molecule has 1 N–H and O–H groups in total. The maximum Gasteiger partial charge on any atom is 0.216 e. The first-order valence-corrected chi connectivity index (χ1v) is 6.30. The van der Waals surface area contributed by atoms with Crippen LogP contribution in [0.1, 0.15) is 11.4 Å². The van der Waals surface area contributed by atoms with Crippen LogP contribution in [0.3, 0.4) is 0 Å². The predicted octanol–water partition coefficient (Wildman–Crippen LogP) is 2.47. The van der Waals surface area contributed by atoms with Crippen molar-refractivity contribution in [1.82, 2.24) is 20.2 Å². The molecule has 0 saturated carbocycles. The van der Waals surface area contributed by atoms with Crippen molar-refractivity contribution in [3.63, 3.8) is 0 Å². The van der Waals surface area contributed by atoms with E-state index in [4.69, 9.17) is 4.74 Å². The van der Waals surface area contributed by atoms with E-state index in [9.17, 15) is 0 Å². The number of benzene rings is 1. The molecule has 0 aliphatic heterocycles. The Hall–Kier alpha value is -2.69. The van der Waals surface area contributed by atoms with Crippen LogP contribution in [0, 0.1) is 0 Å². The van der Waals surface area contributed by atoms with Gasteiger partial charge in [-0.3, -0.25) is 5.10 Å². The third-order valence-electron chi connectivity index (χ3n) is 2.96. The predicted molar refractivity (Wildman–Crippen MR) is 75.4 cm³/mol. The summed E-state index contributed by atoms with van der Waals surface area (Å²) in [6, 6.07) is 11.9. The average molecular weight is 266 g/mol. The molecule has 2 heterocycles. The Morgan fingerprint density at radius 2 is 2.00 bits per heavy atom. The Bertz CT molecular complexity index is 680. The molecule has 100 valence electrons. The third-order valence-corrected chi connectivity index (χ3v) is 2.96. The molecule has 0 spiro atoms. The van der Waals surface area contributed by atoms with Gasteiger partial charge in [-0.05, 0) is 5.56 Å². The maximum absolute atomic E-state index is 5.25. The largest absolute Gasteiger partial charge is 0.481 e. The van der Waals surface area contributed by atoms with Gasteiger partial charge in [-0.2, -0.15) is 10.1 Å². The van der Waals surface area contributed by atoms with Crippen molar-refractivity contribution in [2.45, 2.75) is 6.42 Å². The third kappa shape index (κ3) is 2.66. The van der Waals surface area contributed by atoms with Crippen LogP contribution in [0.5, 0.6) is 5.88 Å². The van der Waals surface area contributed by atoms with E-state index in [0.29, 0.717) is 12.3 Å². The molecule has 3 rings (SSSR count). The van der Waals surface area contributed by atoms with Crippen LogP contribution in [0.4, 0.5) is 0 Å². The highest BCUT2D eigenvalue weighted by Gasteiger charge is 2.08. The van der Waals surface area contributed by atoms with Crippen molar-refractivity contribution in [2.24, 2.45) is 0 Å². The highest BCUT2D eigenvalue weighted by Crippen LogP contribution is 2.20. The number of aromatic nitrogens is 4. The standard InChI is InChI=1S/C15H14N4O/c1-20-15-8-13(12-9-16-17-10-12)18-14(19-15)7-11-5-3-2-4-6-11/h2-6,8-10H,7H2,1H3,(H,16,17). The molecule has 5 heteroatoms. The van der Waals surface area contributed by atoms with E-state index >= 15 is 0 Å². The van der Waals surface area contributed by atoms with Crippen molar-refractivity contribution in [1.29, 1.82) is 0 Å². The van der Waals surface area contributed by atoms with Gasteiger partial charge < -0.3 is 4.74 Å². The summed E-state index contributed by atoms with van der Waals surface area (Å²) in [5.41, 5.74) is 2.88. The number of aromatic amines is 1. The second-order valence-corrected chi connectivity index (χ2v) is 4.36. The Morgan fingerprint density at radius 3 is 2.70 bits per heavy atom. The highest BCUT2D eigenvalue weighted by molar-refractivity contribution is 5.57. The van der Waals surface area contributed by atoms with E-state index in [2.05, 4.69) is 32.3 Å². The number of rotatable bonds is 4. The Balaban J connectivity index is 1.96. The minimum Gasteiger partial charge on any atom is -0.481 e. The zero-order valence-corrected chi connectivity index (χ0v) is 11.1. The molecule has 0 radical (unpaired) electrons. The topological polar surface area (TPSA) is 63.7 Å². The molecule has 0 atom stereocenters. The molecule has 0 bridgehead atoms. The van der Waals surface area contributed by atoms with E-state index in [1.165, 1.54) is 5.56 Å². The maximum atomic E-state index is 5.25. The van der Waals surface area contributed by atoms with Crippen molar-refractivity contribution in [3.05, 3.63) is 60.2 Å². The molecule has 5 nitrogen and oxygen atoms in total. The van der Waals surface area contributed by atoms with E-state index in [1.54, 1.807) is 25.6 Å². The van der Waals surface area contributed by atoms with Crippen LogP contribution >= 0.6 is 0 Å². The van der Waals surface area contributed by atoms with E-state index < -0.39 is 0 Å². The van der Waals surface area contributed by atoms with Crippen LogP contribution < -0.4 is 4.74 Å². The van der Waals surface area contributed by atoms with Crippen LogP contribution in [-0.4, -0.2) is 27.3 Å². The van der Waals surface area contributed by atoms with Gasteiger partial charge in [0.25, 0.3) is 0 Å². The normalized spacial score (nSPS) is 10.4. The fraction of sp³-hybridized carbons (Fsp3) is 0.133. The lowest BCUT2D eigenvalue weighted by molar-refractivity contribution is 0.395. The fourth-order valence-corrected chi connectivity index (χ4v) is 1.97. The molecule has 0 aliphatic carbocycles. The number of nitrogens with one attached hydrogen (secondary N) is 1. The van der Waals surface area contributed by atoms with Gasteiger partial charge in [-0.25, -0.2) is 4.98 Å². The minimum atomic E-state index is 0.558. The van der Waals surface area contributed by atoms with Crippen LogP contribution in [0.25, 0.3) is 11.3 Å². The summed E-state index contributed by atoms with van der Waals surface area (Å²) in [6.45, 7) is 0. The highest BCUT2D eigenvalue weighted by atomic mass is 16.5. The van der Waals surface area contributed by atoms with Gasteiger partial charge in [0.15, 0.2) is 0 Å². The number of hydrogen-bond acceptors (Lipinski definition) is 4. The van der Waals surface area contributed by atoms with Gasteiger partial charge >= 0.3 is 0 Å². The number of nitrogens with zero attached hydrogens (tertiary/aromatic N) is 3. The lowest BCUT2D eigenvalue weighted by Gasteiger charge is -2.06. The summed E-state index contributed by atoms with van der Waals surface area (Å²) >= 11 is 0. The SMILES string of the molecule is COc1cc(-c2cn[nH]c2)nc(Cc2ccccc2)n1.